The minimum absolute atomic E-state index is 0.287. The summed E-state index contributed by atoms with van der Waals surface area (Å²) < 4.78 is 11.0. The summed E-state index contributed by atoms with van der Waals surface area (Å²) in [6.45, 7) is 6.99. The Kier molecular flexibility index (Phi) is 2.69. The van der Waals surface area contributed by atoms with Crippen LogP contribution in [0.5, 0.6) is 0 Å². The molecule has 0 aliphatic carbocycles. The minimum atomic E-state index is 0.287. The predicted molar refractivity (Wildman–Crippen MR) is 40.0 cm³/mol. The van der Waals surface area contributed by atoms with Gasteiger partial charge in [0.15, 0.2) is 0 Å². The number of rotatable bonds is 2. The molecule has 0 bridgehead atoms. The van der Waals surface area contributed by atoms with E-state index in [0.29, 0.717) is 12.2 Å². The summed E-state index contributed by atoms with van der Waals surface area (Å²) in [4.78, 5) is 0. The molecular formula is C8H16O2. The maximum atomic E-state index is 5.50. The molecule has 1 aliphatic heterocycles. The molecule has 1 fully saturated rings. The van der Waals surface area contributed by atoms with Crippen molar-refractivity contribution in [2.45, 2.75) is 45.5 Å². The van der Waals surface area contributed by atoms with Gasteiger partial charge in [-0.05, 0) is 20.8 Å². The number of hydrogen-bond donors (Lipinski definition) is 0. The van der Waals surface area contributed by atoms with Crippen LogP contribution < -0.4 is 0 Å². The highest BCUT2D eigenvalue weighted by molar-refractivity contribution is 4.77. The van der Waals surface area contributed by atoms with Crippen LogP contribution in [0.1, 0.15) is 27.2 Å². The molecule has 1 aliphatic rings. The van der Waals surface area contributed by atoms with Gasteiger partial charge in [-0.25, -0.2) is 0 Å². The summed E-state index contributed by atoms with van der Waals surface area (Å²) in [6.07, 6.45) is 2.05. The molecule has 0 spiro atoms. The molecular weight excluding hydrogens is 128 g/mol. The van der Waals surface area contributed by atoms with Crippen LogP contribution in [0, 0.1) is 0 Å². The first-order valence-electron chi connectivity index (χ1n) is 4.01. The van der Waals surface area contributed by atoms with Crippen LogP contribution in [0.15, 0.2) is 0 Å². The fourth-order valence-electron chi connectivity index (χ4n) is 1.45. The van der Waals surface area contributed by atoms with Crippen LogP contribution in [0.3, 0.4) is 0 Å². The van der Waals surface area contributed by atoms with Crippen molar-refractivity contribution in [2.75, 3.05) is 6.61 Å². The van der Waals surface area contributed by atoms with Gasteiger partial charge in [-0.2, -0.15) is 0 Å². The Hall–Kier alpha value is -0.0800. The van der Waals surface area contributed by atoms with E-state index in [4.69, 9.17) is 9.47 Å². The number of hydrogen-bond acceptors (Lipinski definition) is 2. The van der Waals surface area contributed by atoms with Crippen LogP contribution >= 0.6 is 0 Å². The molecule has 2 heteroatoms. The Labute approximate surface area is 62.5 Å². The average molecular weight is 144 g/mol. The molecule has 1 saturated heterocycles. The zero-order chi connectivity index (χ0) is 7.56. The van der Waals surface area contributed by atoms with Gasteiger partial charge in [-0.3, -0.25) is 0 Å². The first-order chi connectivity index (χ1) is 4.74. The predicted octanol–water partition coefficient (Wildman–Crippen LogP) is 1.59. The van der Waals surface area contributed by atoms with E-state index in [9.17, 15) is 0 Å². The van der Waals surface area contributed by atoms with Crippen LogP contribution in [0.2, 0.25) is 0 Å². The fourth-order valence-corrected chi connectivity index (χ4v) is 1.45. The molecule has 0 unspecified atom stereocenters. The molecule has 2 nitrogen and oxygen atoms in total. The van der Waals surface area contributed by atoms with Crippen molar-refractivity contribution in [3.8, 4) is 0 Å². The molecule has 0 aromatic carbocycles. The van der Waals surface area contributed by atoms with Gasteiger partial charge in [0, 0.05) is 13.0 Å². The minimum Gasteiger partial charge on any atom is -0.376 e. The SMILES string of the molecule is CCO[C@@H]1C[C@H](C)O[C@@H]1C. The van der Waals surface area contributed by atoms with E-state index in [2.05, 4.69) is 13.8 Å². The summed E-state index contributed by atoms with van der Waals surface area (Å²) in [7, 11) is 0. The third-order valence-corrected chi connectivity index (χ3v) is 1.92. The van der Waals surface area contributed by atoms with E-state index in [1.54, 1.807) is 0 Å². The molecule has 0 amide bonds. The van der Waals surface area contributed by atoms with Crippen LogP contribution in [0.25, 0.3) is 0 Å². The Morgan fingerprint density at radius 2 is 2.20 bits per heavy atom. The van der Waals surface area contributed by atoms with E-state index in [1.165, 1.54) is 0 Å². The molecule has 0 aromatic heterocycles. The van der Waals surface area contributed by atoms with Crippen molar-refractivity contribution >= 4 is 0 Å². The van der Waals surface area contributed by atoms with Gasteiger partial charge in [0.2, 0.25) is 0 Å². The Balaban J connectivity index is 2.31. The van der Waals surface area contributed by atoms with Gasteiger partial charge in [0.25, 0.3) is 0 Å². The van der Waals surface area contributed by atoms with Crippen LogP contribution in [0.4, 0.5) is 0 Å². The Bertz CT molecular complexity index is 103. The van der Waals surface area contributed by atoms with E-state index >= 15 is 0 Å². The first-order valence-corrected chi connectivity index (χ1v) is 4.01. The Morgan fingerprint density at radius 1 is 1.50 bits per heavy atom. The van der Waals surface area contributed by atoms with Gasteiger partial charge in [-0.15, -0.1) is 0 Å². The molecule has 0 N–H and O–H groups in total. The maximum Gasteiger partial charge on any atom is 0.0858 e. The second-order valence-electron chi connectivity index (χ2n) is 2.88. The second kappa shape index (κ2) is 3.35. The third-order valence-electron chi connectivity index (χ3n) is 1.92. The molecule has 0 aromatic rings. The molecule has 3 atom stereocenters. The zero-order valence-corrected chi connectivity index (χ0v) is 6.96. The van der Waals surface area contributed by atoms with Crippen molar-refractivity contribution in [2.24, 2.45) is 0 Å². The molecule has 1 heterocycles. The first kappa shape index (κ1) is 8.02. The molecule has 0 saturated carbocycles. The molecule has 1 rings (SSSR count). The lowest BCUT2D eigenvalue weighted by Gasteiger charge is -2.12. The normalized spacial score (nSPS) is 40.5. The lowest BCUT2D eigenvalue weighted by Crippen LogP contribution is -2.20. The highest BCUT2D eigenvalue weighted by atomic mass is 16.6. The lowest BCUT2D eigenvalue weighted by molar-refractivity contribution is -0.00567. The van der Waals surface area contributed by atoms with Crippen molar-refractivity contribution in [1.29, 1.82) is 0 Å². The summed E-state index contributed by atoms with van der Waals surface area (Å²) in [5.74, 6) is 0. The number of ether oxygens (including phenoxy) is 2. The molecule has 60 valence electrons. The van der Waals surface area contributed by atoms with E-state index in [0.717, 1.165) is 13.0 Å². The van der Waals surface area contributed by atoms with E-state index in [1.807, 2.05) is 6.92 Å². The molecule has 10 heavy (non-hydrogen) atoms. The highest BCUT2D eigenvalue weighted by Gasteiger charge is 2.29. The fraction of sp³-hybridized carbons (Fsp3) is 1.00. The lowest BCUT2D eigenvalue weighted by atomic mass is 10.2. The molecule has 0 radical (unpaired) electrons. The maximum absolute atomic E-state index is 5.50. The van der Waals surface area contributed by atoms with Crippen molar-refractivity contribution < 1.29 is 9.47 Å². The van der Waals surface area contributed by atoms with Gasteiger partial charge in [0.05, 0.1) is 18.3 Å². The summed E-state index contributed by atoms with van der Waals surface area (Å²) in [5, 5.41) is 0. The van der Waals surface area contributed by atoms with Gasteiger partial charge < -0.3 is 9.47 Å². The average Bonchev–Trinajstić information content (AvgIpc) is 2.13. The summed E-state index contributed by atoms with van der Waals surface area (Å²) in [6, 6.07) is 0. The van der Waals surface area contributed by atoms with Gasteiger partial charge in [-0.1, -0.05) is 0 Å². The zero-order valence-electron chi connectivity index (χ0n) is 6.96. The quantitative estimate of drug-likeness (QED) is 0.586. The second-order valence-corrected chi connectivity index (χ2v) is 2.88. The smallest absolute Gasteiger partial charge is 0.0858 e. The van der Waals surface area contributed by atoms with Crippen molar-refractivity contribution in [3.63, 3.8) is 0 Å². The Morgan fingerprint density at radius 3 is 2.60 bits per heavy atom. The summed E-state index contributed by atoms with van der Waals surface area (Å²) >= 11 is 0. The van der Waals surface area contributed by atoms with Gasteiger partial charge in [0.1, 0.15) is 0 Å². The van der Waals surface area contributed by atoms with E-state index in [-0.39, 0.29) is 6.10 Å². The highest BCUT2D eigenvalue weighted by Crippen LogP contribution is 2.21. The summed E-state index contributed by atoms with van der Waals surface area (Å²) in [5.41, 5.74) is 0. The largest absolute Gasteiger partial charge is 0.376 e. The topological polar surface area (TPSA) is 18.5 Å². The van der Waals surface area contributed by atoms with E-state index < -0.39 is 0 Å². The van der Waals surface area contributed by atoms with Crippen molar-refractivity contribution in [3.05, 3.63) is 0 Å². The van der Waals surface area contributed by atoms with Crippen LogP contribution in [-0.4, -0.2) is 24.9 Å². The monoisotopic (exact) mass is 144 g/mol. The van der Waals surface area contributed by atoms with Crippen molar-refractivity contribution in [1.82, 2.24) is 0 Å². The van der Waals surface area contributed by atoms with Gasteiger partial charge >= 0.3 is 0 Å². The third kappa shape index (κ3) is 1.70. The van der Waals surface area contributed by atoms with Crippen LogP contribution in [-0.2, 0) is 9.47 Å². The standard InChI is InChI=1S/C8H16O2/c1-4-9-8-5-6(2)10-7(8)3/h6-8H,4-5H2,1-3H3/t6-,7+,8+/m0/s1.